The molecule has 0 nitrogen and oxygen atoms in total. The van der Waals surface area contributed by atoms with Crippen LogP contribution in [0.25, 0.3) is 10.8 Å². The molecule has 0 N–H and O–H groups in total. The van der Waals surface area contributed by atoms with Crippen molar-refractivity contribution in [2.75, 3.05) is 0 Å². The van der Waals surface area contributed by atoms with E-state index in [9.17, 15) is 0 Å². The molecule has 0 aliphatic carbocycles. The van der Waals surface area contributed by atoms with Gasteiger partial charge >= 0.3 is 0 Å². The monoisotopic (exact) mass is 349 g/mol. The maximum atomic E-state index is 2.46. The summed E-state index contributed by atoms with van der Waals surface area (Å²) >= 11 is 0. The highest BCUT2D eigenvalue weighted by Gasteiger charge is 2.29. The number of hydrogen-bond acceptors (Lipinski definition) is 0. The second-order valence-corrected chi connectivity index (χ2v) is 8.03. The molecule has 0 spiro atoms. The minimum absolute atomic E-state index is 1.10. The normalized spacial score (nSPS) is 13.5. The van der Waals surface area contributed by atoms with Crippen LogP contribution in [0.3, 0.4) is 0 Å². The molecule has 0 fully saturated rings. The number of hydrogen-bond donors (Lipinski definition) is 0. The SMILES string of the molecule is Cc1ccccc1[B-](C)(c1c(C)cccc1C)c1cccc2ccccc12. The predicted molar refractivity (Wildman–Crippen MR) is 122 cm³/mol. The number of rotatable bonds is 3. The Bertz CT molecular complexity index is 1100. The van der Waals surface area contributed by atoms with Crippen molar-refractivity contribution in [3.05, 3.63) is 102 Å². The summed E-state index contributed by atoms with van der Waals surface area (Å²) < 4.78 is 0. The van der Waals surface area contributed by atoms with Crippen molar-refractivity contribution in [1.29, 1.82) is 0 Å². The van der Waals surface area contributed by atoms with Gasteiger partial charge in [0.1, 0.15) is 0 Å². The molecule has 4 rings (SSSR count). The minimum atomic E-state index is -1.10. The average Bonchev–Trinajstić information content (AvgIpc) is 2.67. The van der Waals surface area contributed by atoms with Crippen LogP contribution in [-0.4, -0.2) is 6.15 Å². The lowest BCUT2D eigenvalue weighted by molar-refractivity contribution is 1.41. The van der Waals surface area contributed by atoms with Gasteiger partial charge in [0.05, 0.1) is 6.15 Å². The molecule has 0 saturated heterocycles. The van der Waals surface area contributed by atoms with Crippen LogP contribution >= 0.6 is 0 Å². The van der Waals surface area contributed by atoms with Gasteiger partial charge in [0.2, 0.25) is 0 Å². The molecule has 0 saturated carbocycles. The van der Waals surface area contributed by atoms with Crippen LogP contribution in [0.15, 0.2) is 84.9 Å². The van der Waals surface area contributed by atoms with E-state index in [1.807, 2.05) is 0 Å². The lowest BCUT2D eigenvalue weighted by atomic mass is 9.15. The van der Waals surface area contributed by atoms with Crippen LogP contribution in [0.5, 0.6) is 0 Å². The molecule has 4 aromatic carbocycles. The number of aryl methyl sites for hydroxylation is 3. The Labute approximate surface area is 162 Å². The third-order valence-electron chi connectivity index (χ3n) is 6.38. The molecular formula is C26H26B-. The zero-order valence-electron chi connectivity index (χ0n) is 16.7. The van der Waals surface area contributed by atoms with Gasteiger partial charge in [0.15, 0.2) is 0 Å². The summed E-state index contributed by atoms with van der Waals surface area (Å²) in [5.74, 6) is 0. The van der Waals surface area contributed by atoms with E-state index in [1.165, 1.54) is 43.9 Å². The molecule has 4 aromatic rings. The zero-order chi connectivity index (χ0) is 19.0. The molecule has 1 atom stereocenters. The van der Waals surface area contributed by atoms with Crippen LogP contribution in [0, 0.1) is 20.8 Å². The maximum Gasteiger partial charge on any atom is 0.0805 e. The van der Waals surface area contributed by atoms with Gasteiger partial charge in [-0.3, -0.25) is 0 Å². The van der Waals surface area contributed by atoms with Crippen molar-refractivity contribution in [3.63, 3.8) is 0 Å². The standard InChI is InChI=1S/C26H26B/c1-19-11-5-8-17-24(19)27(4,26-20(2)12-9-13-21(26)3)25-18-10-15-22-14-6-7-16-23(22)25/h5-18H,1-4H3/q-1. The summed E-state index contributed by atoms with van der Waals surface area (Å²) in [6.07, 6.45) is -1.10. The molecule has 0 radical (unpaired) electrons. The molecule has 1 heteroatoms. The third-order valence-corrected chi connectivity index (χ3v) is 6.38. The first kappa shape index (κ1) is 17.6. The van der Waals surface area contributed by atoms with Crippen LogP contribution in [0.1, 0.15) is 16.7 Å². The maximum absolute atomic E-state index is 2.46. The second kappa shape index (κ2) is 6.74. The fourth-order valence-corrected chi connectivity index (χ4v) is 5.21. The first-order valence-corrected chi connectivity index (χ1v) is 9.84. The van der Waals surface area contributed by atoms with Crippen molar-refractivity contribution in [2.24, 2.45) is 0 Å². The topological polar surface area (TPSA) is 0 Å². The molecule has 0 bridgehead atoms. The van der Waals surface area contributed by atoms with Crippen LogP contribution in [-0.2, 0) is 0 Å². The van der Waals surface area contributed by atoms with Gasteiger partial charge in [-0.15, -0.1) is 0 Å². The van der Waals surface area contributed by atoms with Crippen molar-refractivity contribution < 1.29 is 0 Å². The van der Waals surface area contributed by atoms with E-state index in [1.54, 1.807) is 0 Å². The number of benzene rings is 4. The van der Waals surface area contributed by atoms with E-state index >= 15 is 0 Å². The summed E-state index contributed by atoms with van der Waals surface area (Å²) in [4.78, 5) is 0. The van der Waals surface area contributed by atoms with Gasteiger partial charge in [-0.2, -0.15) is 23.2 Å². The molecule has 0 heterocycles. The lowest BCUT2D eigenvalue weighted by Crippen LogP contribution is -2.67. The molecular weight excluding hydrogens is 323 g/mol. The number of fused-ring (bicyclic) bond motifs is 1. The van der Waals surface area contributed by atoms with E-state index < -0.39 is 6.15 Å². The highest BCUT2D eigenvalue weighted by molar-refractivity contribution is 7.12. The van der Waals surface area contributed by atoms with Gasteiger partial charge in [-0.25, -0.2) is 0 Å². The summed E-state index contributed by atoms with van der Waals surface area (Å²) in [6.45, 7) is 9.21. The molecule has 0 aliphatic heterocycles. The quantitative estimate of drug-likeness (QED) is 0.463. The summed E-state index contributed by atoms with van der Waals surface area (Å²) in [5, 5.41) is 2.66. The molecule has 0 amide bonds. The van der Waals surface area contributed by atoms with Crippen LogP contribution in [0.4, 0.5) is 0 Å². The molecule has 0 aromatic heterocycles. The molecule has 27 heavy (non-hydrogen) atoms. The third kappa shape index (κ3) is 2.79. The van der Waals surface area contributed by atoms with Crippen molar-refractivity contribution in [1.82, 2.24) is 0 Å². The van der Waals surface area contributed by atoms with E-state index in [-0.39, 0.29) is 0 Å². The molecule has 1 unspecified atom stereocenters. The van der Waals surface area contributed by atoms with Gasteiger partial charge in [-0.05, 0) is 26.2 Å². The van der Waals surface area contributed by atoms with E-state index in [0.29, 0.717) is 0 Å². The molecule has 0 aliphatic rings. The Hall–Kier alpha value is -2.80. The first-order valence-electron chi connectivity index (χ1n) is 9.84. The van der Waals surface area contributed by atoms with Gasteiger partial charge in [0, 0.05) is 0 Å². The Balaban J connectivity index is 2.17. The summed E-state index contributed by atoms with van der Waals surface area (Å²) in [5.41, 5.74) is 8.44. The largest absolute Gasteiger partial charge is 0.197 e. The lowest BCUT2D eigenvalue weighted by Gasteiger charge is -2.43. The Morgan fingerprint density at radius 2 is 1.04 bits per heavy atom. The highest BCUT2D eigenvalue weighted by atomic mass is 14.1. The highest BCUT2D eigenvalue weighted by Crippen LogP contribution is 2.20. The first-order chi connectivity index (χ1) is 13.0. The average molecular weight is 349 g/mol. The smallest absolute Gasteiger partial charge is 0.0805 e. The van der Waals surface area contributed by atoms with E-state index in [4.69, 9.17) is 0 Å². The van der Waals surface area contributed by atoms with Gasteiger partial charge in [0.25, 0.3) is 0 Å². The second-order valence-electron chi connectivity index (χ2n) is 8.03. The van der Waals surface area contributed by atoms with Gasteiger partial charge in [-0.1, -0.05) is 107 Å². The van der Waals surface area contributed by atoms with E-state index in [0.717, 1.165) is 0 Å². The Morgan fingerprint density at radius 1 is 0.519 bits per heavy atom. The fraction of sp³-hybridized carbons (Fsp3) is 0.154. The van der Waals surface area contributed by atoms with Crippen LogP contribution < -0.4 is 16.4 Å². The molecule has 134 valence electrons. The summed E-state index contributed by atoms with van der Waals surface area (Å²) in [6, 6.07) is 31.1. The Morgan fingerprint density at radius 3 is 1.78 bits per heavy atom. The summed E-state index contributed by atoms with van der Waals surface area (Å²) in [7, 11) is 0. The van der Waals surface area contributed by atoms with Gasteiger partial charge < -0.3 is 0 Å². The fourth-order valence-electron chi connectivity index (χ4n) is 5.21. The Kier molecular flexibility index (Phi) is 4.40. The van der Waals surface area contributed by atoms with E-state index in [2.05, 4.69) is 113 Å². The van der Waals surface area contributed by atoms with Crippen molar-refractivity contribution >= 4 is 33.3 Å². The van der Waals surface area contributed by atoms with Crippen LogP contribution in [0.2, 0.25) is 6.82 Å². The predicted octanol–water partition coefficient (Wildman–Crippen LogP) is 4.87. The van der Waals surface area contributed by atoms with Crippen molar-refractivity contribution in [2.45, 2.75) is 27.6 Å². The minimum Gasteiger partial charge on any atom is -0.197 e. The van der Waals surface area contributed by atoms with Crippen molar-refractivity contribution in [3.8, 4) is 0 Å². The zero-order valence-corrected chi connectivity index (χ0v) is 16.7.